The van der Waals surface area contributed by atoms with E-state index >= 15 is 0 Å². The Morgan fingerprint density at radius 1 is 1.00 bits per heavy atom. The quantitative estimate of drug-likeness (QED) is 0.209. The lowest BCUT2D eigenvalue weighted by atomic mass is 9.94. The highest BCUT2D eigenvalue weighted by Crippen LogP contribution is 2.27. The minimum Gasteiger partial charge on any atom is -0.337 e. The van der Waals surface area contributed by atoms with E-state index in [0.29, 0.717) is 35.3 Å². The smallest absolute Gasteiger partial charge is 0.227 e. The first-order valence-corrected chi connectivity index (χ1v) is 16.1. The highest BCUT2D eigenvalue weighted by molar-refractivity contribution is 6.35. The van der Waals surface area contributed by atoms with Gasteiger partial charge in [-0.2, -0.15) is 0 Å². The molecule has 1 aliphatic rings. The Hall–Kier alpha value is -2.19. The van der Waals surface area contributed by atoms with Gasteiger partial charge >= 0.3 is 0 Å². The van der Waals surface area contributed by atoms with E-state index in [-0.39, 0.29) is 24.0 Å². The summed E-state index contributed by atoms with van der Waals surface area (Å²) in [5.74, 6) is 0.686. The first-order valence-electron chi connectivity index (χ1n) is 15.3. The van der Waals surface area contributed by atoms with Gasteiger partial charge in [-0.25, -0.2) is 0 Å². The van der Waals surface area contributed by atoms with Crippen LogP contribution in [0, 0.1) is 5.92 Å². The van der Waals surface area contributed by atoms with Crippen molar-refractivity contribution in [2.24, 2.45) is 17.4 Å². The number of piperazine rings is 1. The maximum atomic E-state index is 13.9. The standard InChI is InChI=1S/C34H47Cl2N5O/c1-24(2)16-32-22-40(21-30(38)19-28-11-12-29(35)20-33(28)36)31(8-5-14-39-15-13-37)23-41(32)34(42)18-25-9-10-26-6-3-4-7-27(26)17-25/h3-4,6-7,9-12,17,20,24,30-32,39H,5,8,13-16,18-19,21-23,37-38H2,1-2H3/t30-,31+,32-/m1/s1. The summed E-state index contributed by atoms with van der Waals surface area (Å²) in [6.45, 7) is 9.12. The normalized spacial score (nSPS) is 18.6. The van der Waals surface area contributed by atoms with Crippen LogP contribution in [0.1, 0.15) is 44.2 Å². The predicted octanol–water partition coefficient (Wildman–Crippen LogP) is 5.52. The number of halogens is 2. The van der Waals surface area contributed by atoms with Crippen molar-refractivity contribution in [3.05, 3.63) is 81.8 Å². The zero-order valence-corrected chi connectivity index (χ0v) is 26.6. The van der Waals surface area contributed by atoms with E-state index in [1.807, 2.05) is 24.3 Å². The third kappa shape index (κ3) is 9.40. The van der Waals surface area contributed by atoms with Crippen LogP contribution >= 0.6 is 23.2 Å². The van der Waals surface area contributed by atoms with Gasteiger partial charge < -0.3 is 21.7 Å². The molecule has 3 atom stereocenters. The molecule has 3 aromatic rings. The van der Waals surface area contributed by atoms with Gasteiger partial charge in [-0.3, -0.25) is 9.69 Å². The molecule has 228 valence electrons. The molecule has 8 heteroatoms. The van der Waals surface area contributed by atoms with Crippen LogP contribution in [-0.2, 0) is 17.6 Å². The molecule has 0 bridgehead atoms. The van der Waals surface area contributed by atoms with Crippen molar-refractivity contribution in [3.63, 3.8) is 0 Å². The number of nitrogens with one attached hydrogen (secondary N) is 1. The van der Waals surface area contributed by atoms with Crippen molar-refractivity contribution >= 4 is 39.9 Å². The Labute approximate surface area is 261 Å². The molecule has 1 amide bonds. The molecule has 5 N–H and O–H groups in total. The molecule has 42 heavy (non-hydrogen) atoms. The fourth-order valence-corrected chi connectivity index (χ4v) is 6.69. The maximum Gasteiger partial charge on any atom is 0.227 e. The van der Waals surface area contributed by atoms with Crippen molar-refractivity contribution in [1.82, 2.24) is 15.1 Å². The molecule has 0 aromatic heterocycles. The van der Waals surface area contributed by atoms with Crippen LogP contribution < -0.4 is 16.8 Å². The zero-order valence-electron chi connectivity index (χ0n) is 25.1. The Morgan fingerprint density at radius 3 is 2.52 bits per heavy atom. The van der Waals surface area contributed by atoms with E-state index in [0.717, 1.165) is 63.1 Å². The number of hydrogen-bond acceptors (Lipinski definition) is 5. The van der Waals surface area contributed by atoms with Crippen LogP contribution in [0.3, 0.4) is 0 Å². The lowest BCUT2D eigenvalue weighted by Crippen LogP contribution is -2.62. The van der Waals surface area contributed by atoms with E-state index in [2.05, 4.69) is 59.3 Å². The van der Waals surface area contributed by atoms with Gasteiger partial charge in [-0.05, 0) is 72.2 Å². The van der Waals surface area contributed by atoms with E-state index in [1.165, 1.54) is 10.8 Å². The van der Waals surface area contributed by atoms with Crippen LogP contribution in [0.25, 0.3) is 10.8 Å². The highest BCUT2D eigenvalue weighted by atomic mass is 35.5. The summed E-state index contributed by atoms with van der Waals surface area (Å²) < 4.78 is 0. The van der Waals surface area contributed by atoms with E-state index in [4.69, 9.17) is 34.7 Å². The number of amides is 1. The molecule has 1 fully saturated rings. The molecule has 0 unspecified atom stereocenters. The fraction of sp³-hybridized carbons (Fsp3) is 0.500. The van der Waals surface area contributed by atoms with Crippen LogP contribution in [0.15, 0.2) is 60.7 Å². The molecule has 0 radical (unpaired) electrons. The van der Waals surface area contributed by atoms with Crippen molar-refractivity contribution in [2.75, 3.05) is 39.3 Å². The second kappa shape index (κ2) is 16.0. The van der Waals surface area contributed by atoms with E-state index < -0.39 is 0 Å². The second-order valence-electron chi connectivity index (χ2n) is 12.2. The molecule has 1 aliphatic heterocycles. The number of fused-ring (bicyclic) bond motifs is 1. The fourth-order valence-electron chi connectivity index (χ4n) is 6.21. The van der Waals surface area contributed by atoms with Gasteiger partial charge in [0.05, 0.1) is 6.42 Å². The van der Waals surface area contributed by atoms with Crippen molar-refractivity contribution in [3.8, 4) is 0 Å². The Kier molecular flexibility index (Phi) is 12.5. The molecule has 6 nitrogen and oxygen atoms in total. The van der Waals surface area contributed by atoms with Crippen LogP contribution in [0.4, 0.5) is 0 Å². The summed E-state index contributed by atoms with van der Waals surface area (Å²) >= 11 is 12.6. The first-order chi connectivity index (χ1) is 20.2. The monoisotopic (exact) mass is 611 g/mol. The third-order valence-electron chi connectivity index (χ3n) is 8.22. The minimum absolute atomic E-state index is 0.0823. The molecular weight excluding hydrogens is 565 g/mol. The summed E-state index contributed by atoms with van der Waals surface area (Å²) in [5, 5.41) is 7.06. The summed E-state index contributed by atoms with van der Waals surface area (Å²) in [6.07, 6.45) is 4.06. The van der Waals surface area contributed by atoms with Gasteiger partial charge in [-0.1, -0.05) is 85.6 Å². The summed E-state index contributed by atoms with van der Waals surface area (Å²) in [4.78, 5) is 18.6. The molecule has 1 saturated heterocycles. The molecule has 0 saturated carbocycles. The summed E-state index contributed by atoms with van der Waals surface area (Å²) in [7, 11) is 0. The summed E-state index contributed by atoms with van der Waals surface area (Å²) in [5.41, 5.74) is 14.5. The van der Waals surface area contributed by atoms with Gasteiger partial charge in [-0.15, -0.1) is 0 Å². The number of carbonyl (C=O) groups excluding carboxylic acids is 1. The van der Waals surface area contributed by atoms with Crippen LogP contribution in [0.2, 0.25) is 10.0 Å². The molecule has 1 heterocycles. The van der Waals surface area contributed by atoms with Gasteiger partial charge in [0.1, 0.15) is 0 Å². The topological polar surface area (TPSA) is 87.6 Å². The highest BCUT2D eigenvalue weighted by Gasteiger charge is 2.36. The van der Waals surface area contributed by atoms with Crippen LogP contribution in [-0.4, -0.2) is 73.1 Å². The van der Waals surface area contributed by atoms with Gasteiger partial charge in [0.25, 0.3) is 0 Å². The number of carbonyl (C=O) groups is 1. The molecule has 0 aliphatic carbocycles. The van der Waals surface area contributed by atoms with Gasteiger partial charge in [0, 0.05) is 60.9 Å². The number of benzene rings is 3. The Morgan fingerprint density at radius 2 is 1.79 bits per heavy atom. The lowest BCUT2D eigenvalue weighted by molar-refractivity contribution is -0.138. The molecular formula is C34H47Cl2N5O. The minimum atomic E-state index is -0.0823. The number of hydrogen-bond donors (Lipinski definition) is 3. The average molecular weight is 613 g/mol. The SMILES string of the molecule is CC(C)C[C@@H]1CN(C[C@H](N)Cc2ccc(Cl)cc2Cl)[C@@H](CCCNCCN)CN1C(=O)Cc1ccc2ccccc2c1. The van der Waals surface area contributed by atoms with Crippen LogP contribution in [0.5, 0.6) is 0 Å². The Balaban J connectivity index is 1.50. The van der Waals surface area contributed by atoms with Crippen molar-refractivity contribution in [2.45, 2.75) is 64.1 Å². The third-order valence-corrected chi connectivity index (χ3v) is 8.81. The number of rotatable bonds is 14. The van der Waals surface area contributed by atoms with Gasteiger partial charge in [0.2, 0.25) is 5.91 Å². The zero-order chi connectivity index (χ0) is 30.1. The number of nitrogens with zero attached hydrogens (tertiary/aromatic N) is 2. The molecule has 3 aromatic carbocycles. The first kappa shape index (κ1) is 32.7. The molecule has 4 rings (SSSR count). The maximum absolute atomic E-state index is 13.9. The number of nitrogens with two attached hydrogens (primary N) is 2. The predicted molar refractivity (Wildman–Crippen MR) is 177 cm³/mol. The van der Waals surface area contributed by atoms with Gasteiger partial charge in [0.15, 0.2) is 0 Å². The molecule has 0 spiro atoms. The largest absolute Gasteiger partial charge is 0.337 e. The second-order valence-corrected chi connectivity index (χ2v) is 13.0. The van der Waals surface area contributed by atoms with Crippen molar-refractivity contribution < 1.29 is 4.79 Å². The Bertz CT molecular complexity index is 1300. The van der Waals surface area contributed by atoms with Crippen molar-refractivity contribution in [1.29, 1.82) is 0 Å². The summed E-state index contributed by atoms with van der Waals surface area (Å²) in [6, 6.07) is 20.6. The van der Waals surface area contributed by atoms with E-state index in [1.54, 1.807) is 6.07 Å². The average Bonchev–Trinajstić information content (AvgIpc) is 2.95. The lowest BCUT2D eigenvalue weighted by Gasteiger charge is -2.48. The van der Waals surface area contributed by atoms with E-state index in [9.17, 15) is 4.79 Å².